The minimum Gasteiger partial charge on any atom is -0.372 e. The van der Waals surface area contributed by atoms with Gasteiger partial charge in [0.05, 0.1) is 6.20 Å². The number of hydrogen-bond acceptors (Lipinski definition) is 6. The Morgan fingerprint density at radius 1 is 0.931 bits per heavy atom. The Kier molecular flexibility index (Phi) is 6.14. The number of hydrogen-bond donors (Lipinski definition) is 2. The average molecular weight is 392 g/mol. The minimum absolute atomic E-state index is 0.225. The van der Waals surface area contributed by atoms with Crippen LogP contribution in [0.2, 0.25) is 0 Å². The molecule has 2 heterocycles. The molecule has 29 heavy (non-hydrogen) atoms. The van der Waals surface area contributed by atoms with E-state index in [2.05, 4.69) is 55.0 Å². The molecule has 3 aromatic rings. The van der Waals surface area contributed by atoms with Gasteiger partial charge in [-0.2, -0.15) is 10.1 Å². The van der Waals surface area contributed by atoms with Crippen LogP contribution in [0.5, 0.6) is 0 Å². The Morgan fingerprint density at radius 3 is 2.45 bits per heavy atom. The summed E-state index contributed by atoms with van der Waals surface area (Å²) in [5.41, 5.74) is 3.28. The first-order valence-electron chi connectivity index (χ1n) is 10.1. The third-order valence-corrected chi connectivity index (χ3v) is 5.03. The van der Waals surface area contributed by atoms with E-state index in [4.69, 9.17) is 0 Å². The van der Waals surface area contributed by atoms with Crippen LogP contribution in [-0.4, -0.2) is 34.8 Å². The van der Waals surface area contributed by atoms with Crippen LogP contribution >= 0.6 is 0 Å². The molecule has 1 aromatic heterocycles. The van der Waals surface area contributed by atoms with Crippen molar-refractivity contribution in [2.45, 2.75) is 25.7 Å². The summed E-state index contributed by atoms with van der Waals surface area (Å²) in [6, 6.07) is 14.9. The molecule has 0 aliphatic carbocycles. The zero-order valence-electron chi connectivity index (χ0n) is 16.3. The van der Waals surface area contributed by atoms with Gasteiger partial charge in [0.25, 0.3) is 0 Å². The normalized spacial score (nSPS) is 13.9. The van der Waals surface area contributed by atoms with E-state index in [1.165, 1.54) is 37.1 Å². The average Bonchev–Trinajstić information content (AvgIpc) is 2.77. The second kappa shape index (κ2) is 9.32. The van der Waals surface area contributed by atoms with Crippen LogP contribution in [0.3, 0.4) is 0 Å². The van der Waals surface area contributed by atoms with Gasteiger partial charge in [0.2, 0.25) is 5.95 Å². The molecule has 150 valence electrons. The first-order valence-corrected chi connectivity index (χ1v) is 10.1. The van der Waals surface area contributed by atoms with Crippen molar-refractivity contribution in [3.63, 3.8) is 0 Å². The number of piperidine rings is 1. The van der Waals surface area contributed by atoms with Gasteiger partial charge in [-0.3, -0.25) is 0 Å². The van der Waals surface area contributed by atoms with Crippen LogP contribution in [0.1, 0.15) is 24.8 Å². The summed E-state index contributed by atoms with van der Waals surface area (Å²) in [6.07, 6.45) is 6.22. The lowest BCUT2D eigenvalue weighted by Crippen LogP contribution is -2.29. The van der Waals surface area contributed by atoms with Crippen LogP contribution in [0.4, 0.5) is 27.5 Å². The van der Waals surface area contributed by atoms with E-state index in [1.54, 1.807) is 18.3 Å². The van der Waals surface area contributed by atoms with E-state index in [0.717, 1.165) is 30.8 Å². The van der Waals surface area contributed by atoms with Gasteiger partial charge in [-0.25, -0.2) is 4.39 Å². The number of benzene rings is 2. The second-order valence-electron chi connectivity index (χ2n) is 7.19. The highest BCUT2D eigenvalue weighted by Crippen LogP contribution is 2.23. The fourth-order valence-corrected chi connectivity index (χ4v) is 3.46. The van der Waals surface area contributed by atoms with Crippen molar-refractivity contribution in [2.75, 3.05) is 35.2 Å². The third-order valence-electron chi connectivity index (χ3n) is 5.03. The van der Waals surface area contributed by atoms with Crippen LogP contribution in [0, 0.1) is 5.82 Å². The SMILES string of the molecule is Fc1ccc(CCNc2nncc(Nc3ccc(N4CCCCC4)cc3)n2)cc1. The summed E-state index contributed by atoms with van der Waals surface area (Å²) in [6.45, 7) is 2.91. The molecule has 1 saturated heterocycles. The standard InChI is InChI=1S/C22H25FN6/c23-18-6-4-17(5-7-18)12-13-24-22-27-21(16-25-28-22)26-19-8-10-20(11-9-19)29-14-2-1-3-15-29/h4-11,16H,1-3,12-15H2,(H2,24,26,27,28). The first kappa shape index (κ1) is 19.1. The van der Waals surface area contributed by atoms with E-state index in [-0.39, 0.29) is 5.82 Å². The summed E-state index contributed by atoms with van der Waals surface area (Å²) in [7, 11) is 0. The van der Waals surface area contributed by atoms with Crippen LogP contribution in [-0.2, 0) is 6.42 Å². The molecule has 0 bridgehead atoms. The Labute approximate surface area is 170 Å². The molecule has 1 fully saturated rings. The van der Waals surface area contributed by atoms with Crippen molar-refractivity contribution >= 4 is 23.1 Å². The molecule has 0 amide bonds. The minimum atomic E-state index is -0.225. The van der Waals surface area contributed by atoms with Crippen molar-refractivity contribution in [1.82, 2.24) is 15.2 Å². The molecule has 2 aromatic carbocycles. The first-order chi connectivity index (χ1) is 14.3. The molecule has 1 aliphatic rings. The van der Waals surface area contributed by atoms with Crippen LogP contribution in [0.15, 0.2) is 54.7 Å². The third kappa shape index (κ3) is 5.40. The molecule has 0 atom stereocenters. The topological polar surface area (TPSA) is 66.0 Å². The Morgan fingerprint density at radius 2 is 1.69 bits per heavy atom. The number of rotatable bonds is 7. The van der Waals surface area contributed by atoms with Gasteiger partial charge in [-0.05, 0) is 67.6 Å². The highest BCUT2D eigenvalue weighted by molar-refractivity contribution is 5.60. The number of aromatic nitrogens is 3. The number of anilines is 4. The monoisotopic (exact) mass is 392 g/mol. The lowest BCUT2D eigenvalue weighted by Gasteiger charge is -2.28. The van der Waals surface area contributed by atoms with E-state index in [1.807, 2.05) is 0 Å². The lowest BCUT2D eigenvalue weighted by atomic mass is 10.1. The molecule has 0 radical (unpaired) electrons. The zero-order chi connectivity index (χ0) is 19.9. The quantitative estimate of drug-likeness (QED) is 0.621. The maximum Gasteiger partial charge on any atom is 0.244 e. The largest absolute Gasteiger partial charge is 0.372 e. The summed E-state index contributed by atoms with van der Waals surface area (Å²) < 4.78 is 13.0. The van der Waals surface area contributed by atoms with E-state index < -0.39 is 0 Å². The summed E-state index contributed by atoms with van der Waals surface area (Å²) >= 11 is 0. The van der Waals surface area contributed by atoms with Gasteiger partial charge >= 0.3 is 0 Å². The molecule has 7 heteroatoms. The highest BCUT2D eigenvalue weighted by Gasteiger charge is 2.10. The molecule has 0 unspecified atom stereocenters. The zero-order valence-corrected chi connectivity index (χ0v) is 16.3. The smallest absolute Gasteiger partial charge is 0.244 e. The number of nitrogens with zero attached hydrogens (tertiary/aromatic N) is 4. The molecule has 1 aliphatic heterocycles. The fraction of sp³-hybridized carbons (Fsp3) is 0.318. The Hall–Kier alpha value is -3.22. The van der Waals surface area contributed by atoms with Crippen molar-refractivity contribution in [3.05, 3.63) is 66.1 Å². The van der Waals surface area contributed by atoms with Gasteiger partial charge in [0.15, 0.2) is 5.82 Å². The van der Waals surface area contributed by atoms with E-state index >= 15 is 0 Å². The number of nitrogens with one attached hydrogen (secondary N) is 2. The molecule has 0 saturated carbocycles. The summed E-state index contributed by atoms with van der Waals surface area (Å²) in [5, 5.41) is 14.5. The predicted octanol–water partition coefficient (Wildman–Crippen LogP) is 4.40. The summed E-state index contributed by atoms with van der Waals surface area (Å²) in [5.74, 6) is 0.869. The molecular weight excluding hydrogens is 367 g/mol. The molecular formula is C22H25FN6. The number of halogens is 1. The maximum atomic E-state index is 13.0. The maximum absolute atomic E-state index is 13.0. The molecule has 4 rings (SSSR count). The van der Waals surface area contributed by atoms with Gasteiger partial charge in [-0.15, -0.1) is 5.10 Å². The van der Waals surface area contributed by atoms with Gasteiger partial charge in [-0.1, -0.05) is 12.1 Å². The molecule has 0 spiro atoms. The predicted molar refractivity (Wildman–Crippen MR) is 114 cm³/mol. The highest BCUT2D eigenvalue weighted by atomic mass is 19.1. The van der Waals surface area contributed by atoms with Crippen molar-refractivity contribution in [3.8, 4) is 0 Å². The Bertz CT molecular complexity index is 907. The van der Waals surface area contributed by atoms with Gasteiger partial charge < -0.3 is 15.5 Å². The van der Waals surface area contributed by atoms with Crippen molar-refractivity contribution < 1.29 is 4.39 Å². The van der Waals surface area contributed by atoms with Crippen molar-refractivity contribution in [1.29, 1.82) is 0 Å². The van der Waals surface area contributed by atoms with E-state index in [0.29, 0.717) is 18.3 Å². The van der Waals surface area contributed by atoms with Crippen molar-refractivity contribution in [2.24, 2.45) is 0 Å². The van der Waals surface area contributed by atoms with Gasteiger partial charge in [0.1, 0.15) is 5.82 Å². The van der Waals surface area contributed by atoms with E-state index in [9.17, 15) is 4.39 Å². The van der Waals surface area contributed by atoms with Crippen LogP contribution < -0.4 is 15.5 Å². The summed E-state index contributed by atoms with van der Waals surface area (Å²) in [4.78, 5) is 6.89. The molecule has 2 N–H and O–H groups in total. The second-order valence-corrected chi connectivity index (χ2v) is 7.19. The van der Waals surface area contributed by atoms with Gasteiger partial charge in [0, 0.05) is 31.0 Å². The Balaban J connectivity index is 1.31. The lowest BCUT2D eigenvalue weighted by molar-refractivity contribution is 0.578. The fourth-order valence-electron chi connectivity index (χ4n) is 3.46. The molecule has 6 nitrogen and oxygen atoms in total. The van der Waals surface area contributed by atoms with Crippen LogP contribution in [0.25, 0.3) is 0 Å².